The van der Waals surface area contributed by atoms with Gasteiger partial charge in [0.1, 0.15) is 0 Å². The summed E-state index contributed by atoms with van der Waals surface area (Å²) in [6.07, 6.45) is 1.15. The molecule has 1 saturated carbocycles. The van der Waals surface area contributed by atoms with E-state index in [4.69, 9.17) is 23.2 Å². The van der Waals surface area contributed by atoms with Crippen LogP contribution >= 0.6 is 23.2 Å². The maximum absolute atomic E-state index is 6.18. The molecular formula is C12H15Cl2N. The molecule has 0 spiro atoms. The molecule has 0 amide bonds. The van der Waals surface area contributed by atoms with Crippen LogP contribution in [-0.2, 0) is 0 Å². The third kappa shape index (κ3) is 2.01. The van der Waals surface area contributed by atoms with Gasteiger partial charge in [0.2, 0.25) is 0 Å². The van der Waals surface area contributed by atoms with Crippen LogP contribution < -0.4 is 5.32 Å². The first-order chi connectivity index (χ1) is 7.13. The number of benzene rings is 1. The molecule has 2 rings (SSSR count). The molecule has 82 valence electrons. The fraction of sp³-hybridized carbons (Fsp3) is 0.500. The van der Waals surface area contributed by atoms with E-state index >= 15 is 0 Å². The van der Waals surface area contributed by atoms with E-state index in [1.165, 1.54) is 5.56 Å². The molecule has 3 heteroatoms. The Morgan fingerprint density at radius 3 is 2.67 bits per heavy atom. The molecule has 1 aromatic rings. The standard InChI is InChI=1S/C12H15Cl2N/c1-7-9(6-12(7)15-2)10-5-8(13)3-4-11(10)14/h3-5,7,9,12,15H,6H2,1-2H3. The summed E-state index contributed by atoms with van der Waals surface area (Å²) in [5, 5.41) is 4.92. The van der Waals surface area contributed by atoms with Crippen LogP contribution in [0.25, 0.3) is 0 Å². The Hall–Kier alpha value is -0.240. The summed E-state index contributed by atoms with van der Waals surface area (Å²) >= 11 is 12.2. The monoisotopic (exact) mass is 243 g/mol. The highest BCUT2D eigenvalue weighted by atomic mass is 35.5. The lowest BCUT2D eigenvalue weighted by Crippen LogP contribution is -2.46. The van der Waals surface area contributed by atoms with E-state index in [9.17, 15) is 0 Å². The van der Waals surface area contributed by atoms with Crippen molar-refractivity contribution in [1.82, 2.24) is 5.32 Å². The Labute approximate surface area is 101 Å². The van der Waals surface area contributed by atoms with Crippen molar-refractivity contribution in [1.29, 1.82) is 0 Å². The summed E-state index contributed by atoms with van der Waals surface area (Å²) in [6, 6.07) is 6.34. The van der Waals surface area contributed by atoms with Crippen molar-refractivity contribution >= 4 is 23.2 Å². The second-order valence-electron chi connectivity index (χ2n) is 4.26. The van der Waals surface area contributed by atoms with Gasteiger partial charge in [-0.2, -0.15) is 0 Å². The van der Waals surface area contributed by atoms with Gasteiger partial charge in [0.05, 0.1) is 0 Å². The second-order valence-corrected chi connectivity index (χ2v) is 5.11. The van der Waals surface area contributed by atoms with Gasteiger partial charge in [0.25, 0.3) is 0 Å². The Kier molecular flexibility index (Phi) is 3.24. The number of hydrogen-bond donors (Lipinski definition) is 1. The minimum Gasteiger partial charge on any atom is -0.317 e. The largest absolute Gasteiger partial charge is 0.317 e. The van der Waals surface area contributed by atoms with Crippen LogP contribution in [0.4, 0.5) is 0 Å². The van der Waals surface area contributed by atoms with E-state index in [2.05, 4.69) is 12.2 Å². The molecular weight excluding hydrogens is 229 g/mol. The SMILES string of the molecule is CNC1CC(c2cc(Cl)ccc2Cl)C1C. The van der Waals surface area contributed by atoms with Crippen molar-refractivity contribution in [3.05, 3.63) is 33.8 Å². The normalized spacial score (nSPS) is 30.0. The van der Waals surface area contributed by atoms with Crippen molar-refractivity contribution in [2.24, 2.45) is 5.92 Å². The first-order valence-electron chi connectivity index (χ1n) is 5.25. The highest BCUT2D eigenvalue weighted by molar-refractivity contribution is 6.33. The Bertz CT molecular complexity index is 365. The highest BCUT2D eigenvalue weighted by Gasteiger charge is 2.38. The van der Waals surface area contributed by atoms with Gasteiger partial charge in [0, 0.05) is 16.1 Å². The molecule has 1 N–H and O–H groups in total. The fourth-order valence-corrected chi connectivity index (χ4v) is 2.82. The lowest BCUT2D eigenvalue weighted by Gasteiger charge is -2.43. The predicted octanol–water partition coefficient (Wildman–Crippen LogP) is 3.70. The molecule has 1 nitrogen and oxygen atoms in total. The molecule has 1 aliphatic carbocycles. The van der Waals surface area contributed by atoms with Crippen LogP contribution in [0.1, 0.15) is 24.8 Å². The summed E-state index contributed by atoms with van der Waals surface area (Å²) in [4.78, 5) is 0. The molecule has 1 fully saturated rings. The van der Waals surface area contributed by atoms with Crippen LogP contribution in [0.3, 0.4) is 0 Å². The van der Waals surface area contributed by atoms with E-state index in [1.807, 2.05) is 25.2 Å². The molecule has 1 aliphatic rings. The number of hydrogen-bond acceptors (Lipinski definition) is 1. The van der Waals surface area contributed by atoms with Crippen LogP contribution in [0.5, 0.6) is 0 Å². The van der Waals surface area contributed by atoms with E-state index in [-0.39, 0.29) is 0 Å². The summed E-state index contributed by atoms with van der Waals surface area (Å²) in [6.45, 7) is 2.26. The average Bonchev–Trinajstić information content (AvgIpc) is 2.22. The minimum absolute atomic E-state index is 0.550. The number of halogens is 2. The van der Waals surface area contributed by atoms with Gasteiger partial charge in [-0.25, -0.2) is 0 Å². The lowest BCUT2D eigenvalue weighted by atomic mass is 9.67. The fourth-order valence-electron chi connectivity index (χ4n) is 2.38. The topological polar surface area (TPSA) is 12.0 Å². The minimum atomic E-state index is 0.550. The zero-order chi connectivity index (χ0) is 11.0. The van der Waals surface area contributed by atoms with E-state index in [0.717, 1.165) is 16.5 Å². The third-order valence-corrected chi connectivity index (χ3v) is 4.08. The molecule has 3 unspecified atom stereocenters. The summed E-state index contributed by atoms with van der Waals surface area (Å²) in [7, 11) is 2.01. The van der Waals surface area contributed by atoms with Crippen molar-refractivity contribution in [3.8, 4) is 0 Å². The highest BCUT2D eigenvalue weighted by Crippen LogP contribution is 2.45. The molecule has 0 radical (unpaired) electrons. The number of rotatable bonds is 2. The van der Waals surface area contributed by atoms with Gasteiger partial charge in [-0.1, -0.05) is 30.1 Å². The molecule has 0 saturated heterocycles. The van der Waals surface area contributed by atoms with Crippen molar-refractivity contribution < 1.29 is 0 Å². The van der Waals surface area contributed by atoms with Crippen LogP contribution in [0, 0.1) is 5.92 Å². The molecule has 0 aliphatic heterocycles. The first kappa shape index (κ1) is 11.3. The molecule has 3 atom stereocenters. The van der Waals surface area contributed by atoms with Crippen molar-refractivity contribution in [2.45, 2.75) is 25.3 Å². The molecule has 1 aromatic carbocycles. The zero-order valence-electron chi connectivity index (χ0n) is 8.93. The van der Waals surface area contributed by atoms with Gasteiger partial charge < -0.3 is 5.32 Å². The summed E-state index contributed by atoms with van der Waals surface area (Å²) in [5.74, 6) is 1.18. The van der Waals surface area contributed by atoms with E-state index in [1.54, 1.807) is 0 Å². The summed E-state index contributed by atoms with van der Waals surface area (Å²) < 4.78 is 0. The van der Waals surface area contributed by atoms with Gasteiger partial charge in [-0.3, -0.25) is 0 Å². The smallest absolute Gasteiger partial charge is 0.0441 e. The molecule has 0 bridgehead atoms. The quantitative estimate of drug-likeness (QED) is 0.836. The molecule has 15 heavy (non-hydrogen) atoms. The number of nitrogens with one attached hydrogen (secondary N) is 1. The second kappa shape index (κ2) is 4.32. The maximum Gasteiger partial charge on any atom is 0.0441 e. The lowest BCUT2D eigenvalue weighted by molar-refractivity contribution is 0.194. The van der Waals surface area contributed by atoms with Crippen LogP contribution in [0.15, 0.2) is 18.2 Å². The zero-order valence-corrected chi connectivity index (χ0v) is 10.4. The van der Waals surface area contributed by atoms with Gasteiger partial charge in [0.15, 0.2) is 0 Å². The van der Waals surface area contributed by atoms with Crippen LogP contribution in [0.2, 0.25) is 10.0 Å². The van der Waals surface area contributed by atoms with Gasteiger partial charge >= 0.3 is 0 Å². The Morgan fingerprint density at radius 1 is 1.33 bits per heavy atom. The maximum atomic E-state index is 6.18. The predicted molar refractivity (Wildman–Crippen MR) is 65.8 cm³/mol. The Balaban J connectivity index is 2.21. The van der Waals surface area contributed by atoms with Crippen molar-refractivity contribution in [2.75, 3.05) is 7.05 Å². The Morgan fingerprint density at radius 2 is 2.07 bits per heavy atom. The average molecular weight is 244 g/mol. The van der Waals surface area contributed by atoms with Crippen LogP contribution in [-0.4, -0.2) is 13.1 Å². The van der Waals surface area contributed by atoms with Gasteiger partial charge in [-0.15, -0.1) is 0 Å². The van der Waals surface area contributed by atoms with Crippen molar-refractivity contribution in [3.63, 3.8) is 0 Å². The summed E-state index contributed by atoms with van der Waals surface area (Å²) in [5.41, 5.74) is 1.20. The first-order valence-corrected chi connectivity index (χ1v) is 6.01. The third-order valence-electron chi connectivity index (χ3n) is 3.51. The molecule has 0 aromatic heterocycles. The van der Waals surface area contributed by atoms with E-state index in [0.29, 0.717) is 17.9 Å². The molecule has 0 heterocycles. The van der Waals surface area contributed by atoms with Gasteiger partial charge in [-0.05, 0) is 49.1 Å². The van der Waals surface area contributed by atoms with E-state index < -0.39 is 0 Å².